The van der Waals surface area contributed by atoms with Gasteiger partial charge in [0.1, 0.15) is 5.75 Å². The van der Waals surface area contributed by atoms with Crippen LogP contribution < -0.4 is 4.74 Å². The average Bonchev–Trinajstić information content (AvgIpc) is 2.69. The third-order valence-electron chi connectivity index (χ3n) is 6.00. The van der Waals surface area contributed by atoms with Crippen molar-refractivity contribution in [3.05, 3.63) is 41.5 Å². The Labute approximate surface area is 182 Å². The molecule has 4 nitrogen and oxygen atoms in total. The van der Waals surface area contributed by atoms with Crippen molar-refractivity contribution in [2.75, 3.05) is 0 Å². The topological polar surface area (TPSA) is 63.6 Å². The minimum atomic E-state index is -0.963. The molecule has 1 N–H and O–H groups in total. The fourth-order valence-corrected chi connectivity index (χ4v) is 3.58. The Hall–Kier alpha value is -2.10. The number of esters is 1. The van der Waals surface area contributed by atoms with Gasteiger partial charge in [0.05, 0.1) is 12.3 Å². The minimum absolute atomic E-state index is 0.130. The fraction of sp³-hybridized carbons (Fsp3) is 0.615. The Bertz CT molecular complexity index is 707. The summed E-state index contributed by atoms with van der Waals surface area (Å²) >= 11 is 0. The number of carbonyl (C=O) groups excluding carboxylic acids is 1. The van der Waals surface area contributed by atoms with Crippen LogP contribution in [0.2, 0.25) is 0 Å². The number of aryl methyl sites for hydroxylation is 2. The number of allylic oxidation sites excluding steroid dienone is 2. The molecular weight excluding hydrogens is 376 g/mol. The van der Waals surface area contributed by atoms with Crippen LogP contribution in [0, 0.1) is 25.2 Å². The van der Waals surface area contributed by atoms with Gasteiger partial charge in [0.2, 0.25) is 0 Å². The summed E-state index contributed by atoms with van der Waals surface area (Å²) in [7, 11) is 0. The van der Waals surface area contributed by atoms with Crippen LogP contribution in [0.3, 0.4) is 0 Å². The molecule has 0 aliphatic heterocycles. The lowest BCUT2D eigenvalue weighted by atomic mass is 9.79. The normalized spacial score (nSPS) is 14.4. The van der Waals surface area contributed by atoms with Crippen molar-refractivity contribution in [1.82, 2.24) is 0 Å². The SMILES string of the molecule is CCCCCCC(C)(CC)CC=CCC(CC(=O)Oc1ccc(C)cc1C)C(=O)O. The van der Waals surface area contributed by atoms with Crippen LogP contribution in [0.4, 0.5) is 0 Å². The van der Waals surface area contributed by atoms with Crippen LogP contribution in [0.15, 0.2) is 30.4 Å². The first-order valence-electron chi connectivity index (χ1n) is 11.4. The van der Waals surface area contributed by atoms with Crippen LogP contribution in [0.5, 0.6) is 5.75 Å². The summed E-state index contributed by atoms with van der Waals surface area (Å²) in [5, 5.41) is 9.51. The van der Waals surface area contributed by atoms with E-state index in [-0.39, 0.29) is 11.8 Å². The molecule has 0 fully saturated rings. The van der Waals surface area contributed by atoms with E-state index in [1.165, 1.54) is 32.1 Å². The smallest absolute Gasteiger partial charge is 0.312 e. The lowest BCUT2D eigenvalue weighted by molar-refractivity contribution is -0.147. The molecule has 2 unspecified atom stereocenters. The average molecular weight is 417 g/mol. The van der Waals surface area contributed by atoms with Crippen LogP contribution >= 0.6 is 0 Å². The van der Waals surface area contributed by atoms with E-state index in [1.807, 2.05) is 32.1 Å². The van der Waals surface area contributed by atoms with Crippen LogP contribution in [-0.2, 0) is 9.59 Å². The minimum Gasteiger partial charge on any atom is -0.481 e. The predicted octanol–water partition coefficient (Wildman–Crippen LogP) is 7.02. The molecular formula is C26H40O4. The molecule has 0 radical (unpaired) electrons. The molecule has 4 heteroatoms. The maximum absolute atomic E-state index is 12.3. The summed E-state index contributed by atoms with van der Waals surface area (Å²) in [5.74, 6) is -1.74. The molecule has 1 aromatic carbocycles. The Balaban J connectivity index is 2.56. The van der Waals surface area contributed by atoms with E-state index in [0.717, 1.165) is 24.0 Å². The van der Waals surface area contributed by atoms with Crippen molar-refractivity contribution >= 4 is 11.9 Å². The van der Waals surface area contributed by atoms with Gasteiger partial charge >= 0.3 is 11.9 Å². The molecule has 1 rings (SSSR count). The second kappa shape index (κ2) is 13.3. The maximum Gasteiger partial charge on any atom is 0.312 e. The van der Waals surface area contributed by atoms with Crippen LogP contribution in [-0.4, -0.2) is 17.0 Å². The first-order valence-corrected chi connectivity index (χ1v) is 11.4. The number of hydrogen-bond acceptors (Lipinski definition) is 3. The zero-order valence-corrected chi connectivity index (χ0v) is 19.5. The first-order chi connectivity index (χ1) is 14.2. The monoisotopic (exact) mass is 416 g/mol. The van der Waals surface area contributed by atoms with Gasteiger partial charge < -0.3 is 9.84 Å². The van der Waals surface area contributed by atoms with Crippen molar-refractivity contribution in [3.8, 4) is 5.75 Å². The van der Waals surface area contributed by atoms with E-state index in [1.54, 1.807) is 6.07 Å². The molecule has 2 atom stereocenters. The number of hydrogen-bond donors (Lipinski definition) is 1. The highest BCUT2D eigenvalue weighted by atomic mass is 16.5. The number of carbonyl (C=O) groups is 2. The van der Waals surface area contributed by atoms with Gasteiger partial charge in [0.15, 0.2) is 0 Å². The summed E-state index contributed by atoms with van der Waals surface area (Å²) in [6, 6.07) is 5.57. The van der Waals surface area contributed by atoms with Crippen molar-refractivity contribution < 1.29 is 19.4 Å². The molecule has 168 valence electrons. The summed E-state index contributed by atoms with van der Waals surface area (Å²) < 4.78 is 5.40. The highest BCUT2D eigenvalue weighted by Gasteiger charge is 2.23. The third-order valence-corrected chi connectivity index (χ3v) is 6.00. The summed E-state index contributed by atoms with van der Waals surface area (Å²) in [6.45, 7) is 10.6. The number of unbranched alkanes of at least 4 members (excludes halogenated alkanes) is 3. The summed E-state index contributed by atoms with van der Waals surface area (Å²) in [5.41, 5.74) is 2.21. The molecule has 0 spiro atoms. The fourth-order valence-electron chi connectivity index (χ4n) is 3.58. The Kier molecular flexibility index (Phi) is 11.5. The number of carboxylic acids is 1. The van der Waals surface area contributed by atoms with Crippen molar-refractivity contribution in [1.29, 1.82) is 0 Å². The van der Waals surface area contributed by atoms with Gasteiger partial charge in [0.25, 0.3) is 0 Å². The Morgan fingerprint density at radius 3 is 2.47 bits per heavy atom. The van der Waals surface area contributed by atoms with E-state index < -0.39 is 17.9 Å². The van der Waals surface area contributed by atoms with E-state index in [0.29, 0.717) is 12.2 Å². The molecule has 0 aliphatic carbocycles. The molecule has 0 heterocycles. The number of aliphatic carboxylic acids is 1. The molecule has 0 saturated carbocycles. The number of carboxylic acid groups (broad SMARTS) is 1. The molecule has 0 aromatic heterocycles. The van der Waals surface area contributed by atoms with Crippen molar-refractivity contribution in [2.24, 2.45) is 11.3 Å². The maximum atomic E-state index is 12.3. The van der Waals surface area contributed by atoms with Gasteiger partial charge in [-0.1, -0.05) is 82.7 Å². The first kappa shape index (κ1) is 25.9. The molecule has 0 aliphatic rings. The second-order valence-electron chi connectivity index (χ2n) is 8.87. The van der Waals surface area contributed by atoms with Crippen LogP contribution in [0.1, 0.15) is 89.7 Å². The van der Waals surface area contributed by atoms with Gasteiger partial charge in [-0.25, -0.2) is 0 Å². The Morgan fingerprint density at radius 1 is 1.13 bits per heavy atom. The lowest BCUT2D eigenvalue weighted by Crippen LogP contribution is -2.21. The van der Waals surface area contributed by atoms with Gasteiger partial charge in [-0.15, -0.1) is 0 Å². The second-order valence-corrected chi connectivity index (χ2v) is 8.87. The van der Waals surface area contributed by atoms with Crippen molar-refractivity contribution in [3.63, 3.8) is 0 Å². The third kappa shape index (κ3) is 9.60. The van der Waals surface area contributed by atoms with Crippen LogP contribution in [0.25, 0.3) is 0 Å². The summed E-state index contributed by atoms with van der Waals surface area (Å²) in [4.78, 5) is 23.9. The molecule has 1 aromatic rings. The van der Waals surface area contributed by atoms with Crippen molar-refractivity contribution in [2.45, 2.75) is 92.4 Å². The largest absolute Gasteiger partial charge is 0.481 e. The van der Waals surface area contributed by atoms with E-state index in [4.69, 9.17) is 4.74 Å². The lowest BCUT2D eigenvalue weighted by Gasteiger charge is -2.27. The molecule has 0 saturated heterocycles. The van der Waals surface area contributed by atoms with E-state index >= 15 is 0 Å². The zero-order chi connectivity index (χ0) is 22.6. The number of ether oxygens (including phenoxy) is 1. The Morgan fingerprint density at radius 2 is 1.87 bits per heavy atom. The van der Waals surface area contributed by atoms with Gasteiger partial charge in [0, 0.05) is 0 Å². The van der Waals surface area contributed by atoms with Gasteiger partial charge in [-0.2, -0.15) is 0 Å². The summed E-state index contributed by atoms with van der Waals surface area (Å²) in [6.07, 6.45) is 12.5. The molecule has 0 bridgehead atoms. The van der Waals surface area contributed by atoms with E-state index in [2.05, 4.69) is 26.8 Å². The molecule has 30 heavy (non-hydrogen) atoms. The van der Waals surface area contributed by atoms with Gasteiger partial charge in [-0.3, -0.25) is 9.59 Å². The number of benzene rings is 1. The predicted molar refractivity (Wildman–Crippen MR) is 123 cm³/mol. The zero-order valence-electron chi connectivity index (χ0n) is 19.5. The highest BCUT2D eigenvalue weighted by molar-refractivity contribution is 5.80. The molecule has 0 amide bonds. The van der Waals surface area contributed by atoms with Gasteiger partial charge in [-0.05, 0) is 50.2 Å². The number of rotatable bonds is 14. The quantitative estimate of drug-likeness (QED) is 0.153. The standard InChI is InChI=1S/C26H40O4/c1-6-8-9-11-16-26(5,7-2)17-12-10-13-22(25(28)29)19-24(27)30-23-15-14-20(3)18-21(23)4/h10,12,14-15,18,22H,6-9,11,13,16-17,19H2,1-5H3,(H,28,29). The highest BCUT2D eigenvalue weighted by Crippen LogP contribution is 2.33. The van der Waals surface area contributed by atoms with E-state index in [9.17, 15) is 14.7 Å².